The van der Waals surface area contributed by atoms with Gasteiger partial charge in [-0.25, -0.2) is 4.79 Å². The van der Waals surface area contributed by atoms with Crippen molar-refractivity contribution in [3.05, 3.63) is 88.4 Å². The summed E-state index contributed by atoms with van der Waals surface area (Å²) in [6, 6.07) is 12.6. The zero-order valence-electron chi connectivity index (χ0n) is 30.2. The van der Waals surface area contributed by atoms with Crippen LogP contribution in [0.2, 0.25) is 0 Å². The third kappa shape index (κ3) is 7.93. The molecule has 0 unspecified atom stereocenters. The van der Waals surface area contributed by atoms with Gasteiger partial charge in [0.2, 0.25) is 0 Å². The number of benzene rings is 2. The summed E-state index contributed by atoms with van der Waals surface area (Å²) in [4.78, 5) is 16.7. The van der Waals surface area contributed by atoms with E-state index in [1.165, 1.54) is 0 Å². The molecule has 1 fully saturated rings. The van der Waals surface area contributed by atoms with Crippen LogP contribution < -0.4 is 10.1 Å². The summed E-state index contributed by atoms with van der Waals surface area (Å²) in [6.45, 7) is 24.0. The van der Waals surface area contributed by atoms with Gasteiger partial charge in [-0.1, -0.05) is 54.6 Å². The fourth-order valence-corrected chi connectivity index (χ4v) is 6.69. The van der Waals surface area contributed by atoms with Crippen LogP contribution in [-0.2, 0) is 24.8 Å². The molecule has 4 aromatic rings. The summed E-state index contributed by atoms with van der Waals surface area (Å²) in [5, 5.41) is 9.29. The van der Waals surface area contributed by atoms with Crippen molar-refractivity contribution in [3.8, 4) is 16.9 Å². The van der Waals surface area contributed by atoms with E-state index in [0.717, 1.165) is 101 Å². The van der Waals surface area contributed by atoms with Gasteiger partial charge in [-0.2, -0.15) is 5.10 Å². The number of aryl methyl sites for hydroxylation is 3. The van der Waals surface area contributed by atoms with E-state index in [0.29, 0.717) is 25.3 Å². The predicted molar refractivity (Wildman–Crippen MR) is 197 cm³/mol. The molecule has 256 valence electrons. The summed E-state index contributed by atoms with van der Waals surface area (Å²) >= 11 is 0. The SMILES string of the molecule is C=C(C)/C=C\c1cccc(OCCCc2c(C(=O)OC(C)(C)C)n(CCN3CCNCC3)c3c(-c4c(C)nn(C)c4C)cccc23)c1C. The number of piperazine rings is 1. The minimum atomic E-state index is -0.627. The van der Waals surface area contributed by atoms with Gasteiger partial charge in [0.25, 0.3) is 0 Å². The molecule has 2 aromatic carbocycles. The maximum absolute atomic E-state index is 14.2. The number of hydrogen-bond donors (Lipinski definition) is 1. The van der Waals surface area contributed by atoms with E-state index in [2.05, 4.69) is 72.5 Å². The zero-order valence-corrected chi connectivity index (χ0v) is 30.2. The van der Waals surface area contributed by atoms with Gasteiger partial charge in [-0.3, -0.25) is 9.58 Å². The van der Waals surface area contributed by atoms with E-state index in [1.54, 1.807) is 0 Å². The number of carbonyl (C=O) groups is 1. The quantitative estimate of drug-likeness (QED) is 0.0976. The first kappa shape index (κ1) is 35.2. The number of aromatic nitrogens is 3. The first-order valence-corrected chi connectivity index (χ1v) is 17.2. The third-order valence-electron chi connectivity index (χ3n) is 9.11. The number of allylic oxidation sites excluding steroid dienone is 2. The van der Waals surface area contributed by atoms with Crippen molar-refractivity contribution in [1.29, 1.82) is 0 Å². The monoisotopic (exact) mass is 651 g/mol. The van der Waals surface area contributed by atoms with E-state index < -0.39 is 5.60 Å². The van der Waals surface area contributed by atoms with Crippen LogP contribution in [0, 0.1) is 20.8 Å². The lowest BCUT2D eigenvalue weighted by molar-refractivity contribution is 0.00561. The molecule has 0 atom stereocenters. The number of para-hydroxylation sites is 1. The van der Waals surface area contributed by atoms with Crippen molar-refractivity contribution in [2.24, 2.45) is 7.05 Å². The van der Waals surface area contributed by atoms with Gasteiger partial charge >= 0.3 is 5.97 Å². The second-order valence-corrected chi connectivity index (χ2v) is 14.0. The van der Waals surface area contributed by atoms with E-state index in [9.17, 15) is 4.79 Å². The number of nitrogens with zero attached hydrogens (tertiary/aromatic N) is 4. The minimum absolute atomic E-state index is 0.284. The van der Waals surface area contributed by atoms with Gasteiger partial charge in [0, 0.05) is 68.5 Å². The van der Waals surface area contributed by atoms with Crippen LogP contribution in [0.1, 0.15) is 72.7 Å². The molecule has 1 saturated heterocycles. The van der Waals surface area contributed by atoms with Crippen LogP contribution >= 0.6 is 0 Å². The van der Waals surface area contributed by atoms with Crippen molar-refractivity contribution in [3.63, 3.8) is 0 Å². The van der Waals surface area contributed by atoms with Gasteiger partial charge in [-0.15, -0.1) is 0 Å². The van der Waals surface area contributed by atoms with Gasteiger partial charge in [0.15, 0.2) is 0 Å². The summed E-state index contributed by atoms with van der Waals surface area (Å²) in [5.74, 6) is 0.586. The number of ether oxygens (including phenoxy) is 2. The Hall–Kier alpha value is -4.14. The Labute approximate surface area is 286 Å². The second-order valence-electron chi connectivity index (χ2n) is 14.0. The summed E-state index contributed by atoms with van der Waals surface area (Å²) < 4.78 is 16.7. The molecular weight excluding hydrogens is 598 g/mol. The van der Waals surface area contributed by atoms with Crippen LogP contribution in [-0.4, -0.2) is 70.1 Å². The van der Waals surface area contributed by atoms with Gasteiger partial charge in [-0.05, 0) is 84.1 Å². The van der Waals surface area contributed by atoms with E-state index in [-0.39, 0.29) is 5.97 Å². The summed E-state index contributed by atoms with van der Waals surface area (Å²) in [7, 11) is 1.99. The number of hydrogen-bond acceptors (Lipinski definition) is 6. The van der Waals surface area contributed by atoms with Crippen molar-refractivity contribution in [2.75, 3.05) is 39.3 Å². The van der Waals surface area contributed by atoms with Gasteiger partial charge in [0.05, 0.1) is 17.8 Å². The summed E-state index contributed by atoms with van der Waals surface area (Å²) in [5.41, 5.74) is 9.60. The first-order chi connectivity index (χ1) is 22.9. The van der Waals surface area contributed by atoms with Crippen LogP contribution in [0.15, 0.2) is 54.6 Å². The Kier molecular flexibility index (Phi) is 11.0. The molecule has 0 spiro atoms. The molecule has 0 amide bonds. The average Bonchev–Trinajstić information content (AvgIpc) is 3.49. The number of nitrogens with one attached hydrogen (secondary N) is 1. The van der Waals surface area contributed by atoms with Crippen molar-refractivity contribution < 1.29 is 14.3 Å². The highest BCUT2D eigenvalue weighted by Gasteiger charge is 2.29. The molecule has 8 heteroatoms. The Balaban J connectivity index is 1.56. The lowest BCUT2D eigenvalue weighted by atomic mass is 9.98. The molecule has 1 aliphatic rings. The Morgan fingerprint density at radius 2 is 1.79 bits per heavy atom. The largest absolute Gasteiger partial charge is 0.493 e. The van der Waals surface area contributed by atoms with Crippen LogP contribution in [0.25, 0.3) is 28.1 Å². The summed E-state index contributed by atoms with van der Waals surface area (Å²) in [6.07, 6.45) is 5.52. The molecule has 48 heavy (non-hydrogen) atoms. The Morgan fingerprint density at radius 1 is 1.06 bits per heavy atom. The maximum Gasteiger partial charge on any atom is 0.355 e. The number of rotatable bonds is 12. The van der Waals surface area contributed by atoms with Crippen molar-refractivity contribution >= 4 is 22.9 Å². The van der Waals surface area contributed by atoms with Crippen molar-refractivity contribution in [2.45, 2.75) is 73.5 Å². The predicted octanol–water partition coefficient (Wildman–Crippen LogP) is 7.43. The molecule has 5 rings (SSSR count). The molecule has 0 saturated carbocycles. The first-order valence-electron chi connectivity index (χ1n) is 17.2. The molecule has 0 radical (unpaired) electrons. The van der Waals surface area contributed by atoms with Crippen LogP contribution in [0.4, 0.5) is 0 Å². The van der Waals surface area contributed by atoms with E-state index >= 15 is 0 Å². The number of carbonyl (C=O) groups excluding carboxylic acids is 1. The van der Waals surface area contributed by atoms with Crippen LogP contribution in [0.3, 0.4) is 0 Å². The topological polar surface area (TPSA) is 73.6 Å². The molecule has 0 bridgehead atoms. The number of esters is 1. The maximum atomic E-state index is 14.2. The molecule has 0 aliphatic carbocycles. The zero-order chi connectivity index (χ0) is 34.6. The van der Waals surface area contributed by atoms with E-state index in [4.69, 9.17) is 14.6 Å². The smallest absolute Gasteiger partial charge is 0.355 e. The lowest BCUT2D eigenvalue weighted by Crippen LogP contribution is -2.44. The van der Waals surface area contributed by atoms with Crippen LogP contribution in [0.5, 0.6) is 5.75 Å². The Morgan fingerprint density at radius 3 is 2.46 bits per heavy atom. The highest BCUT2D eigenvalue weighted by molar-refractivity contribution is 6.05. The molecule has 3 heterocycles. The lowest BCUT2D eigenvalue weighted by Gasteiger charge is -2.28. The standard InChI is InChI=1S/C40H53N5O3/c1-27(2)18-19-31-13-10-17-35(28(31)3)47-26-12-16-33-32-14-11-15-34(36-29(4)42-43(9)30(36)5)37(32)45(25-24-44-22-20-41-21-23-44)38(33)39(46)48-40(6,7)8/h10-11,13-15,17-19,41H,1,12,16,20-26H2,2-9H3/b19-18-. The molecule has 1 aliphatic heterocycles. The highest BCUT2D eigenvalue weighted by Crippen LogP contribution is 2.38. The fraction of sp³-hybridized carbons (Fsp3) is 0.450. The molecule has 2 aromatic heterocycles. The molecule has 8 nitrogen and oxygen atoms in total. The van der Waals surface area contributed by atoms with Gasteiger partial charge < -0.3 is 19.4 Å². The van der Waals surface area contributed by atoms with Gasteiger partial charge in [0.1, 0.15) is 17.0 Å². The third-order valence-corrected chi connectivity index (χ3v) is 9.11. The normalized spacial score (nSPS) is 14.2. The highest BCUT2D eigenvalue weighted by atomic mass is 16.6. The fourth-order valence-electron chi connectivity index (χ4n) is 6.69. The molecular formula is C40H53N5O3. The molecule has 1 N–H and O–H groups in total. The van der Waals surface area contributed by atoms with Crippen molar-refractivity contribution in [1.82, 2.24) is 24.6 Å². The number of fused-ring (bicyclic) bond motifs is 1. The second kappa shape index (κ2) is 15.0. The van der Waals surface area contributed by atoms with E-state index in [1.807, 2.05) is 57.6 Å². The minimum Gasteiger partial charge on any atom is -0.493 e. The Bertz CT molecular complexity index is 1810. The average molecular weight is 652 g/mol.